The summed E-state index contributed by atoms with van der Waals surface area (Å²) >= 11 is 0. The van der Waals surface area contributed by atoms with Gasteiger partial charge in [-0.05, 0) is 25.5 Å². The van der Waals surface area contributed by atoms with E-state index in [9.17, 15) is 10.1 Å². The fourth-order valence-corrected chi connectivity index (χ4v) is 1.73. The molecule has 104 valence electrons. The fourth-order valence-electron chi connectivity index (χ4n) is 1.73. The summed E-state index contributed by atoms with van der Waals surface area (Å²) < 4.78 is 5.49. The molecule has 1 aromatic carbocycles. The molecule has 20 heavy (non-hydrogen) atoms. The number of ether oxygens (including phenoxy) is 1. The minimum atomic E-state index is -0.444. The minimum Gasteiger partial charge on any atom is -0.424 e. The molecule has 7 nitrogen and oxygen atoms in total. The van der Waals surface area contributed by atoms with Crippen LogP contribution in [0, 0.1) is 24.0 Å². The standard InChI is InChI=1S/C13H14N4O3/c1-8-3-9(2)12(4-11(8)17(18)19)20-13-15-6-10(5-14)7-16-13/h3-4,6-7H,5,14H2,1-2H3. The third-order valence-electron chi connectivity index (χ3n) is 2.81. The number of benzene rings is 1. The molecule has 0 atom stereocenters. The second-order valence-electron chi connectivity index (χ2n) is 4.34. The van der Waals surface area contributed by atoms with Gasteiger partial charge in [0.25, 0.3) is 5.69 Å². The zero-order valence-electron chi connectivity index (χ0n) is 11.2. The van der Waals surface area contributed by atoms with Crippen molar-refractivity contribution in [2.45, 2.75) is 20.4 Å². The first-order valence-electron chi connectivity index (χ1n) is 5.95. The van der Waals surface area contributed by atoms with E-state index in [0.29, 0.717) is 17.9 Å². The first kappa shape index (κ1) is 13.9. The van der Waals surface area contributed by atoms with Gasteiger partial charge in [-0.1, -0.05) is 0 Å². The van der Waals surface area contributed by atoms with Crippen LogP contribution in [0.5, 0.6) is 11.8 Å². The van der Waals surface area contributed by atoms with Gasteiger partial charge in [-0.2, -0.15) is 0 Å². The normalized spacial score (nSPS) is 10.3. The first-order valence-corrected chi connectivity index (χ1v) is 5.95. The molecule has 0 saturated heterocycles. The van der Waals surface area contributed by atoms with E-state index >= 15 is 0 Å². The Kier molecular flexibility index (Phi) is 3.90. The Bertz CT molecular complexity index is 641. The van der Waals surface area contributed by atoms with Gasteiger partial charge >= 0.3 is 6.01 Å². The van der Waals surface area contributed by atoms with Gasteiger partial charge in [-0.3, -0.25) is 10.1 Å². The van der Waals surface area contributed by atoms with Gasteiger partial charge in [0.05, 0.1) is 11.0 Å². The third kappa shape index (κ3) is 2.89. The third-order valence-corrected chi connectivity index (χ3v) is 2.81. The molecule has 0 radical (unpaired) electrons. The molecule has 0 aliphatic rings. The Labute approximate surface area is 115 Å². The molecule has 0 fully saturated rings. The number of nitro benzene ring substituents is 1. The van der Waals surface area contributed by atoms with E-state index in [-0.39, 0.29) is 11.7 Å². The molecule has 7 heteroatoms. The van der Waals surface area contributed by atoms with Crippen LogP contribution in [0.25, 0.3) is 0 Å². The van der Waals surface area contributed by atoms with Crippen molar-refractivity contribution < 1.29 is 9.66 Å². The van der Waals surface area contributed by atoms with Crippen LogP contribution in [0.3, 0.4) is 0 Å². The lowest BCUT2D eigenvalue weighted by Crippen LogP contribution is -2.00. The van der Waals surface area contributed by atoms with Crippen LogP contribution in [0.15, 0.2) is 24.5 Å². The largest absolute Gasteiger partial charge is 0.424 e. The maximum Gasteiger partial charge on any atom is 0.321 e. The van der Waals surface area contributed by atoms with Crippen molar-refractivity contribution in [1.82, 2.24) is 9.97 Å². The molecule has 0 saturated carbocycles. The second kappa shape index (κ2) is 5.62. The van der Waals surface area contributed by atoms with Gasteiger partial charge in [0.1, 0.15) is 5.75 Å². The summed E-state index contributed by atoms with van der Waals surface area (Å²) in [7, 11) is 0. The molecule has 1 heterocycles. The van der Waals surface area contributed by atoms with Crippen molar-refractivity contribution in [3.63, 3.8) is 0 Å². The number of aryl methyl sites for hydroxylation is 2. The van der Waals surface area contributed by atoms with Gasteiger partial charge < -0.3 is 10.5 Å². The maximum atomic E-state index is 10.9. The summed E-state index contributed by atoms with van der Waals surface area (Å²) in [4.78, 5) is 18.5. The van der Waals surface area contributed by atoms with Crippen molar-refractivity contribution in [2.75, 3.05) is 0 Å². The summed E-state index contributed by atoms with van der Waals surface area (Å²) in [5.74, 6) is 0.364. The number of rotatable bonds is 4. The average Bonchev–Trinajstić information content (AvgIpc) is 2.42. The fraction of sp³-hybridized carbons (Fsp3) is 0.231. The van der Waals surface area contributed by atoms with E-state index in [1.54, 1.807) is 32.3 Å². The Balaban J connectivity index is 2.32. The van der Waals surface area contributed by atoms with Gasteiger partial charge in [-0.25, -0.2) is 9.97 Å². The zero-order chi connectivity index (χ0) is 14.7. The highest BCUT2D eigenvalue weighted by Crippen LogP contribution is 2.30. The van der Waals surface area contributed by atoms with E-state index in [4.69, 9.17) is 10.5 Å². The molecule has 1 aromatic heterocycles. The Hall–Kier alpha value is -2.54. The van der Waals surface area contributed by atoms with E-state index in [1.165, 1.54) is 6.07 Å². The van der Waals surface area contributed by atoms with Crippen molar-refractivity contribution in [3.8, 4) is 11.8 Å². The molecule has 2 N–H and O–H groups in total. The molecular formula is C13H14N4O3. The Morgan fingerprint density at radius 2 is 1.90 bits per heavy atom. The molecule has 0 bridgehead atoms. The van der Waals surface area contributed by atoms with Crippen molar-refractivity contribution in [1.29, 1.82) is 0 Å². The van der Waals surface area contributed by atoms with E-state index < -0.39 is 4.92 Å². The highest BCUT2D eigenvalue weighted by Gasteiger charge is 2.15. The summed E-state index contributed by atoms with van der Waals surface area (Å²) in [6, 6.07) is 3.20. The maximum absolute atomic E-state index is 10.9. The van der Waals surface area contributed by atoms with Crippen molar-refractivity contribution in [3.05, 3.63) is 51.3 Å². The van der Waals surface area contributed by atoms with E-state index in [1.807, 2.05) is 0 Å². The van der Waals surface area contributed by atoms with Crippen molar-refractivity contribution in [2.24, 2.45) is 5.73 Å². The lowest BCUT2D eigenvalue weighted by atomic mass is 10.1. The molecule has 0 aliphatic carbocycles. The first-order chi connectivity index (χ1) is 9.51. The SMILES string of the molecule is Cc1cc(C)c([N+](=O)[O-])cc1Oc1ncc(CN)cn1. The molecule has 0 spiro atoms. The summed E-state index contributed by atoms with van der Waals surface area (Å²) in [6.07, 6.45) is 3.11. The van der Waals surface area contributed by atoms with Crippen LogP contribution in [-0.2, 0) is 6.54 Å². The average molecular weight is 274 g/mol. The number of hydrogen-bond acceptors (Lipinski definition) is 6. The van der Waals surface area contributed by atoms with Crippen LogP contribution >= 0.6 is 0 Å². The van der Waals surface area contributed by atoms with Gasteiger partial charge in [0.2, 0.25) is 0 Å². The Morgan fingerprint density at radius 1 is 1.25 bits per heavy atom. The lowest BCUT2D eigenvalue weighted by Gasteiger charge is -2.08. The smallest absolute Gasteiger partial charge is 0.321 e. The quantitative estimate of drug-likeness (QED) is 0.677. The van der Waals surface area contributed by atoms with E-state index in [0.717, 1.165) is 11.1 Å². The monoisotopic (exact) mass is 274 g/mol. The van der Waals surface area contributed by atoms with Gasteiger partial charge in [0.15, 0.2) is 0 Å². The van der Waals surface area contributed by atoms with Crippen LogP contribution in [0.4, 0.5) is 5.69 Å². The van der Waals surface area contributed by atoms with Crippen molar-refractivity contribution >= 4 is 5.69 Å². The molecular weight excluding hydrogens is 260 g/mol. The van der Waals surface area contributed by atoms with Gasteiger partial charge in [-0.15, -0.1) is 0 Å². The van der Waals surface area contributed by atoms with Crippen LogP contribution in [0.1, 0.15) is 16.7 Å². The van der Waals surface area contributed by atoms with Gasteiger partial charge in [0, 0.05) is 30.1 Å². The zero-order valence-corrected chi connectivity index (χ0v) is 11.2. The number of nitrogens with two attached hydrogens (primary N) is 1. The number of aromatic nitrogens is 2. The van der Waals surface area contributed by atoms with Crippen LogP contribution in [0.2, 0.25) is 0 Å². The molecule has 0 aliphatic heterocycles. The highest BCUT2D eigenvalue weighted by molar-refractivity contribution is 5.50. The molecule has 0 amide bonds. The highest BCUT2D eigenvalue weighted by atomic mass is 16.6. The number of nitro groups is 1. The predicted octanol–water partition coefficient (Wildman–Crippen LogP) is 2.25. The molecule has 0 unspecified atom stereocenters. The predicted molar refractivity (Wildman–Crippen MR) is 72.6 cm³/mol. The topological polar surface area (TPSA) is 104 Å². The summed E-state index contributed by atoms with van der Waals surface area (Å²) in [5, 5.41) is 10.9. The second-order valence-corrected chi connectivity index (χ2v) is 4.34. The lowest BCUT2D eigenvalue weighted by molar-refractivity contribution is -0.385. The summed E-state index contributed by atoms with van der Waals surface area (Å²) in [5.41, 5.74) is 7.60. The van der Waals surface area contributed by atoms with E-state index in [2.05, 4.69) is 9.97 Å². The van der Waals surface area contributed by atoms with Crippen LogP contribution in [-0.4, -0.2) is 14.9 Å². The number of hydrogen-bond donors (Lipinski definition) is 1. The molecule has 2 rings (SSSR count). The Morgan fingerprint density at radius 3 is 2.45 bits per heavy atom. The minimum absolute atomic E-state index is 0.00387. The molecule has 2 aromatic rings. The summed E-state index contributed by atoms with van der Waals surface area (Å²) in [6.45, 7) is 3.83. The number of nitrogens with zero attached hydrogens (tertiary/aromatic N) is 3. The van der Waals surface area contributed by atoms with Crippen LogP contribution < -0.4 is 10.5 Å².